The van der Waals surface area contributed by atoms with Crippen LogP contribution >= 0.6 is 0 Å². The number of ether oxygens (including phenoxy) is 3. The smallest absolute Gasteiger partial charge is 0.306 e. The van der Waals surface area contributed by atoms with E-state index in [4.69, 9.17) is 14.2 Å². The Hall–Kier alpha value is -1.59. The molecule has 6 heteroatoms. The summed E-state index contributed by atoms with van der Waals surface area (Å²) >= 11 is 0. The standard InChI is InChI=1S/C46H88O6/c1-5-8-10-12-25-31-35-39-46(49)52-43(40-50-44(47)37-33-28-11-9-6-2)41-51-45(48)38-34-30-27-24-22-20-18-16-14-13-15-17-19-21-23-26-29-32-36-42(4)7-3/h42-43H,5-41H2,1-4H3/t42?,43-/m0/s1. The van der Waals surface area contributed by atoms with E-state index in [1.54, 1.807) is 0 Å². The highest BCUT2D eigenvalue weighted by Crippen LogP contribution is 2.17. The first kappa shape index (κ1) is 50.4. The molecule has 0 aromatic carbocycles. The molecular weight excluding hydrogens is 649 g/mol. The lowest BCUT2D eigenvalue weighted by molar-refractivity contribution is -0.167. The molecule has 0 rings (SSSR count). The van der Waals surface area contributed by atoms with Crippen molar-refractivity contribution in [3.05, 3.63) is 0 Å². The summed E-state index contributed by atoms with van der Waals surface area (Å²) < 4.78 is 16.5. The molecule has 52 heavy (non-hydrogen) atoms. The molecule has 0 aromatic rings. The zero-order valence-electron chi connectivity index (χ0n) is 35.3. The van der Waals surface area contributed by atoms with Gasteiger partial charge in [-0.1, -0.05) is 214 Å². The Morgan fingerprint density at radius 2 is 0.673 bits per heavy atom. The van der Waals surface area contributed by atoms with Gasteiger partial charge in [-0.3, -0.25) is 14.4 Å². The molecule has 0 fully saturated rings. The first-order valence-electron chi connectivity index (χ1n) is 22.9. The summed E-state index contributed by atoms with van der Waals surface area (Å²) in [5.74, 6) is 0.0334. The molecule has 0 spiro atoms. The number of rotatable bonds is 41. The van der Waals surface area contributed by atoms with Crippen LogP contribution in [0.5, 0.6) is 0 Å². The van der Waals surface area contributed by atoms with E-state index >= 15 is 0 Å². The Kier molecular flexibility index (Phi) is 39.4. The van der Waals surface area contributed by atoms with Gasteiger partial charge in [0.2, 0.25) is 0 Å². The van der Waals surface area contributed by atoms with Gasteiger partial charge in [-0.15, -0.1) is 0 Å². The fourth-order valence-electron chi connectivity index (χ4n) is 6.77. The summed E-state index contributed by atoms with van der Waals surface area (Å²) in [4.78, 5) is 37.3. The molecule has 0 aliphatic rings. The van der Waals surface area contributed by atoms with Crippen LogP contribution in [0.1, 0.15) is 252 Å². The van der Waals surface area contributed by atoms with Crippen LogP contribution in [0.2, 0.25) is 0 Å². The summed E-state index contributed by atoms with van der Waals surface area (Å²) in [6.07, 6.45) is 39.9. The molecule has 1 unspecified atom stereocenters. The SMILES string of the molecule is CCCCCCCCCC(=O)O[C@@H](COC(=O)CCCCCCC)COC(=O)CCCCCCCCCCCCCCCCCCCCC(C)CC. The topological polar surface area (TPSA) is 78.9 Å². The van der Waals surface area contributed by atoms with Gasteiger partial charge in [0, 0.05) is 19.3 Å². The van der Waals surface area contributed by atoms with Crippen molar-refractivity contribution in [2.24, 2.45) is 5.92 Å². The normalized spacial score (nSPS) is 12.5. The number of unbranched alkanes of at least 4 members (excludes halogenated alkanes) is 27. The molecule has 0 amide bonds. The Bertz CT molecular complexity index is 783. The lowest BCUT2D eigenvalue weighted by Crippen LogP contribution is -2.30. The van der Waals surface area contributed by atoms with E-state index in [-0.39, 0.29) is 31.1 Å². The second-order valence-corrected chi connectivity index (χ2v) is 15.9. The number of hydrogen-bond acceptors (Lipinski definition) is 6. The van der Waals surface area contributed by atoms with Crippen LogP contribution in [0.3, 0.4) is 0 Å². The van der Waals surface area contributed by atoms with Crippen molar-refractivity contribution in [3.63, 3.8) is 0 Å². The van der Waals surface area contributed by atoms with Gasteiger partial charge in [0.25, 0.3) is 0 Å². The lowest BCUT2D eigenvalue weighted by atomic mass is 9.99. The van der Waals surface area contributed by atoms with Crippen molar-refractivity contribution < 1.29 is 28.6 Å². The average molecular weight is 737 g/mol. The first-order valence-corrected chi connectivity index (χ1v) is 22.9. The second-order valence-electron chi connectivity index (χ2n) is 15.9. The van der Waals surface area contributed by atoms with E-state index in [0.717, 1.165) is 70.1 Å². The number of carbonyl (C=O) groups excluding carboxylic acids is 3. The van der Waals surface area contributed by atoms with Gasteiger partial charge >= 0.3 is 17.9 Å². The predicted molar refractivity (Wildman–Crippen MR) is 220 cm³/mol. The van der Waals surface area contributed by atoms with Gasteiger partial charge in [-0.05, 0) is 25.2 Å². The summed E-state index contributed by atoms with van der Waals surface area (Å²) in [6, 6.07) is 0. The summed E-state index contributed by atoms with van der Waals surface area (Å²) in [6.45, 7) is 8.93. The number of esters is 3. The Balaban J connectivity index is 3.96. The second kappa shape index (κ2) is 40.6. The molecule has 308 valence electrons. The van der Waals surface area contributed by atoms with Gasteiger partial charge in [-0.2, -0.15) is 0 Å². The van der Waals surface area contributed by atoms with Crippen LogP contribution < -0.4 is 0 Å². The highest BCUT2D eigenvalue weighted by molar-refractivity contribution is 5.71. The van der Waals surface area contributed by atoms with E-state index in [2.05, 4.69) is 27.7 Å². The zero-order chi connectivity index (χ0) is 38.2. The van der Waals surface area contributed by atoms with Crippen LogP contribution in [0.25, 0.3) is 0 Å². The monoisotopic (exact) mass is 737 g/mol. The molecule has 0 aliphatic heterocycles. The van der Waals surface area contributed by atoms with Crippen LogP contribution in [0.4, 0.5) is 0 Å². The third kappa shape index (κ3) is 38.1. The van der Waals surface area contributed by atoms with Crippen molar-refractivity contribution in [3.8, 4) is 0 Å². The minimum atomic E-state index is -0.756. The molecule has 2 atom stereocenters. The fraction of sp³-hybridized carbons (Fsp3) is 0.935. The molecule has 6 nitrogen and oxygen atoms in total. The Labute approximate surface area is 323 Å². The van der Waals surface area contributed by atoms with E-state index in [9.17, 15) is 14.4 Å². The summed E-state index contributed by atoms with van der Waals surface area (Å²) in [5.41, 5.74) is 0. The molecule has 0 aliphatic carbocycles. The van der Waals surface area contributed by atoms with Crippen LogP contribution in [-0.2, 0) is 28.6 Å². The maximum atomic E-state index is 12.5. The number of hydrogen-bond donors (Lipinski definition) is 0. The molecule has 0 radical (unpaired) electrons. The fourth-order valence-corrected chi connectivity index (χ4v) is 6.77. The highest BCUT2D eigenvalue weighted by Gasteiger charge is 2.19. The van der Waals surface area contributed by atoms with Gasteiger partial charge in [0.1, 0.15) is 13.2 Å². The van der Waals surface area contributed by atoms with E-state index in [1.807, 2.05) is 0 Å². The van der Waals surface area contributed by atoms with Crippen LogP contribution in [0, 0.1) is 5.92 Å². The van der Waals surface area contributed by atoms with Crippen molar-refractivity contribution in [1.82, 2.24) is 0 Å². The summed E-state index contributed by atoms with van der Waals surface area (Å²) in [5, 5.41) is 0. The molecule has 0 saturated heterocycles. The first-order chi connectivity index (χ1) is 25.4. The maximum absolute atomic E-state index is 12.5. The maximum Gasteiger partial charge on any atom is 0.306 e. The van der Waals surface area contributed by atoms with Crippen molar-refractivity contribution in [2.45, 2.75) is 259 Å². The third-order valence-electron chi connectivity index (χ3n) is 10.7. The molecule has 0 aromatic heterocycles. The largest absolute Gasteiger partial charge is 0.462 e. The van der Waals surface area contributed by atoms with E-state index in [0.29, 0.717) is 19.3 Å². The quantitative estimate of drug-likeness (QED) is 0.0353. The van der Waals surface area contributed by atoms with Gasteiger partial charge < -0.3 is 14.2 Å². The van der Waals surface area contributed by atoms with Crippen molar-refractivity contribution in [1.29, 1.82) is 0 Å². The number of carbonyl (C=O) groups is 3. The van der Waals surface area contributed by atoms with Crippen LogP contribution in [0.15, 0.2) is 0 Å². The van der Waals surface area contributed by atoms with Gasteiger partial charge in [0.05, 0.1) is 0 Å². The van der Waals surface area contributed by atoms with Crippen molar-refractivity contribution in [2.75, 3.05) is 13.2 Å². The Morgan fingerprint density at radius 3 is 1.00 bits per heavy atom. The minimum absolute atomic E-state index is 0.0654. The zero-order valence-corrected chi connectivity index (χ0v) is 35.3. The predicted octanol–water partition coefficient (Wildman–Crippen LogP) is 14.3. The highest BCUT2D eigenvalue weighted by atomic mass is 16.6. The van der Waals surface area contributed by atoms with Gasteiger partial charge in [-0.25, -0.2) is 0 Å². The van der Waals surface area contributed by atoms with Crippen LogP contribution in [-0.4, -0.2) is 37.2 Å². The third-order valence-corrected chi connectivity index (χ3v) is 10.7. The summed E-state index contributed by atoms with van der Waals surface area (Å²) in [7, 11) is 0. The molecule has 0 N–H and O–H groups in total. The van der Waals surface area contributed by atoms with Gasteiger partial charge in [0.15, 0.2) is 6.10 Å². The molecule has 0 saturated carbocycles. The van der Waals surface area contributed by atoms with E-state index in [1.165, 1.54) is 141 Å². The van der Waals surface area contributed by atoms with Crippen molar-refractivity contribution >= 4 is 17.9 Å². The van der Waals surface area contributed by atoms with E-state index < -0.39 is 6.10 Å². The molecule has 0 bridgehead atoms. The Morgan fingerprint density at radius 1 is 0.385 bits per heavy atom. The molecule has 0 heterocycles. The molecular formula is C46H88O6. The average Bonchev–Trinajstić information content (AvgIpc) is 3.14. The minimum Gasteiger partial charge on any atom is -0.462 e. The lowest BCUT2D eigenvalue weighted by Gasteiger charge is -2.18.